The van der Waals surface area contributed by atoms with Crippen molar-refractivity contribution in [3.63, 3.8) is 0 Å². The fourth-order valence-electron chi connectivity index (χ4n) is 1.99. The summed E-state index contributed by atoms with van der Waals surface area (Å²) in [5.74, 6) is 2.96. The lowest BCUT2D eigenvalue weighted by atomic mass is 10.1. The number of rotatable bonds is 10. The maximum Gasteiger partial charge on any atom is 0.270 e. The molecule has 0 spiro atoms. The van der Waals surface area contributed by atoms with E-state index in [0.29, 0.717) is 19.2 Å². The maximum atomic E-state index is 10.9. The summed E-state index contributed by atoms with van der Waals surface area (Å²) in [5.41, 5.74) is 0.996. The van der Waals surface area contributed by atoms with Crippen molar-refractivity contribution in [1.29, 1.82) is 0 Å². The van der Waals surface area contributed by atoms with E-state index < -0.39 is 0 Å². The number of hydrogen-bond donors (Lipinski definition) is 1. The molecule has 1 aliphatic carbocycles. The van der Waals surface area contributed by atoms with Crippen LogP contribution in [0.3, 0.4) is 0 Å². The van der Waals surface area contributed by atoms with Crippen LogP contribution in [0.4, 0.5) is 5.69 Å². The summed E-state index contributed by atoms with van der Waals surface area (Å²) in [7, 11) is 0. The molecule has 21 heavy (non-hydrogen) atoms. The highest BCUT2D eigenvalue weighted by molar-refractivity contribution is 7.99. The smallest absolute Gasteiger partial charge is 0.270 e. The molecule has 2 rings (SSSR count). The zero-order valence-electron chi connectivity index (χ0n) is 12.3. The lowest BCUT2D eigenvalue weighted by Crippen LogP contribution is -2.16. The van der Waals surface area contributed by atoms with Crippen LogP contribution >= 0.6 is 11.8 Å². The van der Waals surface area contributed by atoms with Crippen LogP contribution in [0, 0.1) is 10.1 Å². The molecule has 0 aliphatic heterocycles. The van der Waals surface area contributed by atoms with Crippen LogP contribution in [0.5, 0.6) is 5.75 Å². The van der Waals surface area contributed by atoms with Gasteiger partial charge in [0.2, 0.25) is 0 Å². The minimum absolute atomic E-state index is 0.122. The Kier molecular flexibility index (Phi) is 6.32. The summed E-state index contributed by atoms with van der Waals surface area (Å²) < 4.78 is 5.80. The number of non-ortho nitro benzene ring substituents is 1. The SMILES string of the molecule is CCSCCCOc1ccc([N+](=O)[O-])cc1CNC1CC1. The molecule has 1 N–H and O–H groups in total. The van der Waals surface area contributed by atoms with Gasteiger partial charge < -0.3 is 10.1 Å². The Hall–Kier alpha value is -1.27. The molecule has 0 saturated heterocycles. The summed E-state index contributed by atoms with van der Waals surface area (Å²) in [6.07, 6.45) is 3.38. The van der Waals surface area contributed by atoms with Crippen LogP contribution < -0.4 is 10.1 Å². The number of nitro benzene ring substituents is 1. The zero-order valence-corrected chi connectivity index (χ0v) is 13.2. The van der Waals surface area contributed by atoms with Crippen molar-refractivity contribution >= 4 is 17.4 Å². The molecule has 1 fully saturated rings. The van der Waals surface area contributed by atoms with Gasteiger partial charge in [-0.25, -0.2) is 0 Å². The highest BCUT2D eigenvalue weighted by atomic mass is 32.2. The van der Waals surface area contributed by atoms with Crippen molar-refractivity contribution in [2.45, 2.75) is 38.8 Å². The molecule has 0 unspecified atom stereocenters. The second-order valence-corrected chi connectivity index (χ2v) is 6.50. The van der Waals surface area contributed by atoms with Crippen molar-refractivity contribution in [3.05, 3.63) is 33.9 Å². The van der Waals surface area contributed by atoms with Crippen molar-refractivity contribution in [3.8, 4) is 5.75 Å². The third kappa shape index (κ3) is 5.55. The zero-order chi connectivity index (χ0) is 15.1. The first-order valence-corrected chi connectivity index (χ1v) is 8.57. The van der Waals surface area contributed by atoms with Gasteiger partial charge >= 0.3 is 0 Å². The van der Waals surface area contributed by atoms with Crippen molar-refractivity contribution in [2.75, 3.05) is 18.1 Å². The highest BCUT2D eigenvalue weighted by Gasteiger charge is 2.21. The number of thioether (sulfide) groups is 1. The van der Waals surface area contributed by atoms with E-state index in [1.54, 1.807) is 12.1 Å². The minimum Gasteiger partial charge on any atom is -0.493 e. The lowest BCUT2D eigenvalue weighted by molar-refractivity contribution is -0.384. The molecule has 5 nitrogen and oxygen atoms in total. The molecule has 0 heterocycles. The van der Waals surface area contributed by atoms with E-state index in [1.165, 1.54) is 18.9 Å². The number of nitrogens with one attached hydrogen (secondary N) is 1. The van der Waals surface area contributed by atoms with Crippen molar-refractivity contribution in [1.82, 2.24) is 5.32 Å². The van der Waals surface area contributed by atoms with E-state index in [9.17, 15) is 10.1 Å². The number of ether oxygens (including phenoxy) is 1. The van der Waals surface area contributed by atoms with Crippen LogP contribution in [0.1, 0.15) is 31.7 Å². The Bertz CT molecular complexity index is 478. The Labute approximate surface area is 129 Å². The van der Waals surface area contributed by atoms with Crippen LogP contribution in [0.2, 0.25) is 0 Å². The fourth-order valence-corrected chi connectivity index (χ4v) is 2.60. The normalized spacial score (nSPS) is 14.1. The van der Waals surface area contributed by atoms with E-state index in [-0.39, 0.29) is 10.6 Å². The quantitative estimate of drug-likeness (QED) is 0.408. The Balaban J connectivity index is 1.94. The van der Waals surface area contributed by atoms with Gasteiger partial charge in [0.15, 0.2) is 0 Å². The standard InChI is InChI=1S/C15H22N2O3S/c1-2-21-9-3-8-20-15-7-6-14(17(18)19)10-12(15)11-16-13-4-5-13/h6-7,10,13,16H,2-5,8-9,11H2,1H3. The third-order valence-electron chi connectivity index (χ3n) is 3.31. The molecular weight excluding hydrogens is 288 g/mol. The predicted molar refractivity (Wildman–Crippen MR) is 86.1 cm³/mol. The molecule has 0 amide bonds. The average molecular weight is 310 g/mol. The molecule has 6 heteroatoms. The van der Waals surface area contributed by atoms with Crippen LogP contribution in [0.25, 0.3) is 0 Å². The fraction of sp³-hybridized carbons (Fsp3) is 0.600. The Morgan fingerprint density at radius 2 is 2.29 bits per heavy atom. The molecule has 1 aromatic carbocycles. The van der Waals surface area contributed by atoms with Gasteiger partial charge in [0, 0.05) is 30.3 Å². The van der Waals surface area contributed by atoms with Crippen LogP contribution in [0.15, 0.2) is 18.2 Å². The number of hydrogen-bond acceptors (Lipinski definition) is 5. The maximum absolute atomic E-state index is 10.9. The molecule has 0 atom stereocenters. The molecule has 116 valence electrons. The second-order valence-electron chi connectivity index (χ2n) is 5.10. The number of benzene rings is 1. The van der Waals surface area contributed by atoms with Gasteiger partial charge in [-0.3, -0.25) is 10.1 Å². The van der Waals surface area contributed by atoms with Crippen molar-refractivity contribution < 1.29 is 9.66 Å². The highest BCUT2D eigenvalue weighted by Crippen LogP contribution is 2.26. The van der Waals surface area contributed by atoms with Gasteiger partial charge in [0.05, 0.1) is 11.5 Å². The number of nitro groups is 1. The van der Waals surface area contributed by atoms with Gasteiger partial charge in [0.25, 0.3) is 5.69 Å². The van der Waals surface area contributed by atoms with Crippen molar-refractivity contribution in [2.24, 2.45) is 0 Å². The average Bonchev–Trinajstić information content (AvgIpc) is 3.29. The van der Waals surface area contributed by atoms with E-state index in [4.69, 9.17) is 4.74 Å². The molecule has 0 bridgehead atoms. The van der Waals surface area contributed by atoms with Gasteiger partial charge in [-0.15, -0.1) is 0 Å². The molecular formula is C15H22N2O3S. The monoisotopic (exact) mass is 310 g/mol. The number of nitrogens with zero attached hydrogens (tertiary/aromatic N) is 1. The largest absolute Gasteiger partial charge is 0.493 e. The summed E-state index contributed by atoms with van der Waals surface area (Å²) in [6.45, 7) is 3.43. The molecule has 1 aromatic rings. The first-order chi connectivity index (χ1) is 10.2. The van der Waals surface area contributed by atoms with Gasteiger partial charge in [-0.05, 0) is 36.8 Å². The van der Waals surface area contributed by atoms with Gasteiger partial charge in [-0.1, -0.05) is 6.92 Å². The third-order valence-corrected chi connectivity index (χ3v) is 4.29. The van der Waals surface area contributed by atoms with Gasteiger partial charge in [-0.2, -0.15) is 11.8 Å². The Morgan fingerprint density at radius 1 is 1.48 bits per heavy atom. The van der Waals surface area contributed by atoms with Crippen LogP contribution in [-0.2, 0) is 6.54 Å². The summed E-state index contributed by atoms with van der Waals surface area (Å²) >= 11 is 1.89. The van der Waals surface area contributed by atoms with Gasteiger partial charge in [0.1, 0.15) is 5.75 Å². The minimum atomic E-state index is -0.359. The second kappa shape index (κ2) is 8.24. The molecule has 0 aromatic heterocycles. The van der Waals surface area contributed by atoms with Crippen LogP contribution in [-0.4, -0.2) is 29.1 Å². The van der Waals surface area contributed by atoms with E-state index >= 15 is 0 Å². The molecule has 1 aliphatic rings. The lowest BCUT2D eigenvalue weighted by Gasteiger charge is -2.12. The topological polar surface area (TPSA) is 64.4 Å². The predicted octanol–water partition coefficient (Wildman–Crippen LogP) is 3.37. The Morgan fingerprint density at radius 3 is 2.95 bits per heavy atom. The molecule has 0 radical (unpaired) electrons. The molecule has 1 saturated carbocycles. The first kappa shape index (κ1) is 16.1. The van der Waals surface area contributed by atoms with E-state index in [2.05, 4.69) is 12.2 Å². The summed E-state index contributed by atoms with van der Waals surface area (Å²) in [6, 6.07) is 5.41. The van der Waals surface area contributed by atoms with E-state index in [0.717, 1.165) is 29.2 Å². The summed E-state index contributed by atoms with van der Waals surface area (Å²) in [5, 5.41) is 14.3. The van der Waals surface area contributed by atoms with E-state index in [1.807, 2.05) is 11.8 Å². The first-order valence-electron chi connectivity index (χ1n) is 7.42. The summed E-state index contributed by atoms with van der Waals surface area (Å²) in [4.78, 5) is 10.5.